The van der Waals surface area contributed by atoms with Gasteiger partial charge in [0.15, 0.2) is 0 Å². The van der Waals surface area contributed by atoms with Crippen LogP contribution in [0.5, 0.6) is 0 Å². The lowest BCUT2D eigenvalue weighted by Crippen LogP contribution is -2.32. The van der Waals surface area contributed by atoms with Crippen molar-refractivity contribution in [3.63, 3.8) is 0 Å². The van der Waals surface area contributed by atoms with Crippen LogP contribution in [0.25, 0.3) is 0 Å². The molecule has 0 spiro atoms. The highest BCUT2D eigenvalue weighted by Crippen LogP contribution is 2.15. The van der Waals surface area contributed by atoms with Crippen molar-refractivity contribution in [1.29, 1.82) is 0 Å². The van der Waals surface area contributed by atoms with Gasteiger partial charge in [-0.25, -0.2) is 0 Å². The number of amides is 1. The Kier molecular flexibility index (Phi) is 5.44. The smallest absolute Gasteiger partial charge is 0.244 e. The number of nitrogens with zero attached hydrogens (tertiary/aromatic N) is 2. The number of methoxy groups -OCH3 is 1. The second kappa shape index (κ2) is 6.61. The van der Waals surface area contributed by atoms with Crippen LogP contribution in [0.4, 0.5) is 0 Å². The molecule has 0 aromatic carbocycles. The largest absolute Gasteiger partial charge is 0.385 e. The number of hydrogen-bond acceptors (Lipinski definition) is 3. The van der Waals surface area contributed by atoms with Gasteiger partial charge in [0.2, 0.25) is 5.91 Å². The molecule has 1 aromatic rings. The zero-order chi connectivity index (χ0) is 12.8. The predicted octanol–water partition coefficient (Wildman–Crippen LogP) is 1.56. The molecule has 5 nitrogen and oxygen atoms in total. The summed E-state index contributed by atoms with van der Waals surface area (Å²) in [5.74, 6) is -0.0692. The zero-order valence-electron chi connectivity index (χ0n) is 10.4. The van der Waals surface area contributed by atoms with Crippen molar-refractivity contribution in [1.82, 2.24) is 15.1 Å². The van der Waals surface area contributed by atoms with Gasteiger partial charge in [-0.2, -0.15) is 5.10 Å². The van der Waals surface area contributed by atoms with Crippen LogP contribution in [0, 0.1) is 6.92 Å². The molecular formula is C11H18ClN3O2. The number of ether oxygens (including phenoxy) is 1. The van der Waals surface area contributed by atoms with Gasteiger partial charge in [-0.3, -0.25) is 9.48 Å². The highest BCUT2D eigenvalue weighted by molar-refractivity contribution is 6.31. The number of aryl methyl sites for hydroxylation is 1. The monoisotopic (exact) mass is 259 g/mol. The Morgan fingerprint density at radius 1 is 1.71 bits per heavy atom. The van der Waals surface area contributed by atoms with Crippen LogP contribution in [0.1, 0.15) is 25.1 Å². The first kappa shape index (κ1) is 14.0. The second-order valence-electron chi connectivity index (χ2n) is 3.86. The zero-order valence-corrected chi connectivity index (χ0v) is 11.1. The lowest BCUT2D eigenvalue weighted by Gasteiger charge is -2.12. The molecule has 0 saturated carbocycles. The van der Waals surface area contributed by atoms with Crippen LogP contribution < -0.4 is 5.32 Å². The first-order valence-corrected chi connectivity index (χ1v) is 5.92. The Bertz CT molecular complexity index is 359. The van der Waals surface area contributed by atoms with Crippen molar-refractivity contribution >= 4 is 17.5 Å². The minimum Gasteiger partial charge on any atom is -0.385 e. The van der Waals surface area contributed by atoms with Gasteiger partial charge in [0.25, 0.3) is 0 Å². The molecule has 0 fully saturated rings. The van der Waals surface area contributed by atoms with E-state index in [-0.39, 0.29) is 11.9 Å². The quantitative estimate of drug-likeness (QED) is 0.789. The summed E-state index contributed by atoms with van der Waals surface area (Å²) in [5.41, 5.74) is 0.727. The fourth-order valence-corrected chi connectivity index (χ4v) is 1.49. The van der Waals surface area contributed by atoms with E-state index in [0.29, 0.717) is 18.2 Å². The third kappa shape index (κ3) is 4.02. The van der Waals surface area contributed by atoms with E-state index < -0.39 is 0 Å². The van der Waals surface area contributed by atoms with Gasteiger partial charge in [0.1, 0.15) is 6.04 Å². The third-order valence-electron chi connectivity index (χ3n) is 2.46. The number of hydrogen-bond donors (Lipinski definition) is 1. The average Bonchev–Trinajstić information content (AvgIpc) is 2.64. The van der Waals surface area contributed by atoms with E-state index in [4.69, 9.17) is 16.3 Å². The molecule has 1 heterocycles. The van der Waals surface area contributed by atoms with Crippen LogP contribution >= 0.6 is 11.6 Å². The summed E-state index contributed by atoms with van der Waals surface area (Å²) >= 11 is 5.89. The summed E-state index contributed by atoms with van der Waals surface area (Å²) in [6.45, 7) is 4.84. The first-order chi connectivity index (χ1) is 8.06. The van der Waals surface area contributed by atoms with E-state index in [1.807, 2.05) is 6.92 Å². The van der Waals surface area contributed by atoms with Crippen molar-refractivity contribution in [2.75, 3.05) is 20.3 Å². The van der Waals surface area contributed by atoms with Gasteiger partial charge < -0.3 is 10.1 Å². The number of carbonyl (C=O) groups excluding carboxylic acids is 1. The van der Waals surface area contributed by atoms with Crippen molar-refractivity contribution in [3.8, 4) is 0 Å². The highest BCUT2D eigenvalue weighted by Gasteiger charge is 2.16. The predicted molar refractivity (Wildman–Crippen MR) is 66.2 cm³/mol. The van der Waals surface area contributed by atoms with E-state index in [9.17, 15) is 4.79 Å². The summed E-state index contributed by atoms with van der Waals surface area (Å²) in [5, 5.41) is 7.57. The molecule has 0 aliphatic rings. The topological polar surface area (TPSA) is 56.1 Å². The molecular weight excluding hydrogens is 242 g/mol. The van der Waals surface area contributed by atoms with Gasteiger partial charge in [0, 0.05) is 26.5 Å². The van der Waals surface area contributed by atoms with Crippen LogP contribution in [0.3, 0.4) is 0 Å². The summed E-state index contributed by atoms with van der Waals surface area (Å²) in [7, 11) is 1.64. The van der Waals surface area contributed by atoms with Crippen molar-refractivity contribution in [2.45, 2.75) is 26.3 Å². The molecule has 1 amide bonds. The molecule has 1 aromatic heterocycles. The van der Waals surface area contributed by atoms with Crippen LogP contribution in [-0.4, -0.2) is 35.9 Å². The summed E-state index contributed by atoms with van der Waals surface area (Å²) in [6, 6.07) is -0.358. The normalized spacial score (nSPS) is 12.5. The average molecular weight is 260 g/mol. The molecule has 96 valence electrons. The maximum atomic E-state index is 11.8. The van der Waals surface area contributed by atoms with E-state index in [2.05, 4.69) is 10.4 Å². The maximum Gasteiger partial charge on any atom is 0.244 e. The summed E-state index contributed by atoms with van der Waals surface area (Å²) in [4.78, 5) is 11.8. The molecule has 1 N–H and O–H groups in total. The van der Waals surface area contributed by atoms with Gasteiger partial charge >= 0.3 is 0 Å². The van der Waals surface area contributed by atoms with Gasteiger partial charge in [-0.05, 0) is 20.3 Å². The minimum atomic E-state index is -0.358. The molecule has 0 bridgehead atoms. The van der Waals surface area contributed by atoms with Crippen molar-refractivity contribution in [2.24, 2.45) is 0 Å². The Hall–Kier alpha value is -1.07. The van der Waals surface area contributed by atoms with Crippen LogP contribution in [0.15, 0.2) is 6.20 Å². The Balaban J connectivity index is 2.46. The van der Waals surface area contributed by atoms with E-state index in [1.54, 1.807) is 24.9 Å². The molecule has 0 radical (unpaired) electrons. The number of aromatic nitrogens is 2. The van der Waals surface area contributed by atoms with Crippen LogP contribution in [0.2, 0.25) is 5.02 Å². The molecule has 17 heavy (non-hydrogen) atoms. The number of carbonyl (C=O) groups is 1. The highest BCUT2D eigenvalue weighted by atomic mass is 35.5. The van der Waals surface area contributed by atoms with Crippen molar-refractivity contribution < 1.29 is 9.53 Å². The molecule has 0 saturated heterocycles. The molecule has 0 aliphatic carbocycles. The lowest BCUT2D eigenvalue weighted by atomic mass is 10.3. The first-order valence-electron chi connectivity index (χ1n) is 5.54. The summed E-state index contributed by atoms with van der Waals surface area (Å²) < 4.78 is 6.47. The Labute approximate surface area is 106 Å². The second-order valence-corrected chi connectivity index (χ2v) is 4.26. The summed E-state index contributed by atoms with van der Waals surface area (Å²) in [6.07, 6.45) is 2.46. The number of halogens is 1. The molecule has 0 aliphatic heterocycles. The van der Waals surface area contributed by atoms with Crippen molar-refractivity contribution in [3.05, 3.63) is 16.9 Å². The van der Waals surface area contributed by atoms with E-state index in [0.717, 1.165) is 12.1 Å². The Morgan fingerprint density at radius 2 is 2.41 bits per heavy atom. The molecule has 1 atom stereocenters. The molecule has 1 unspecified atom stereocenters. The lowest BCUT2D eigenvalue weighted by molar-refractivity contribution is -0.124. The van der Waals surface area contributed by atoms with Gasteiger partial charge in [-0.15, -0.1) is 0 Å². The molecule has 6 heteroatoms. The maximum absolute atomic E-state index is 11.8. The fourth-order valence-electron chi connectivity index (χ4n) is 1.35. The fraction of sp³-hybridized carbons (Fsp3) is 0.636. The number of nitrogens with one attached hydrogen (secondary N) is 1. The van der Waals surface area contributed by atoms with E-state index >= 15 is 0 Å². The standard InChI is InChI=1S/C11H18ClN3O2/c1-8-10(12)7-15(14-8)9(2)11(16)13-5-4-6-17-3/h7,9H,4-6H2,1-3H3,(H,13,16). The van der Waals surface area contributed by atoms with Gasteiger partial charge in [-0.1, -0.05) is 11.6 Å². The van der Waals surface area contributed by atoms with E-state index in [1.165, 1.54) is 0 Å². The molecule has 1 rings (SSSR count). The van der Waals surface area contributed by atoms with Gasteiger partial charge in [0.05, 0.1) is 10.7 Å². The SMILES string of the molecule is COCCCNC(=O)C(C)n1cc(Cl)c(C)n1. The Morgan fingerprint density at radius 3 is 2.94 bits per heavy atom. The van der Waals surface area contributed by atoms with Crippen LogP contribution in [-0.2, 0) is 9.53 Å². The number of rotatable bonds is 6. The minimum absolute atomic E-state index is 0.0692. The third-order valence-corrected chi connectivity index (χ3v) is 2.83.